The molecule has 2 aromatic carbocycles. The van der Waals surface area contributed by atoms with E-state index in [-0.39, 0.29) is 35.4 Å². The summed E-state index contributed by atoms with van der Waals surface area (Å²) >= 11 is 0. The van der Waals surface area contributed by atoms with Gasteiger partial charge in [-0.3, -0.25) is 0 Å². The average molecular weight is 392 g/mol. The molecule has 0 aromatic heterocycles. The Morgan fingerprint density at radius 3 is 1.93 bits per heavy atom. The minimum absolute atomic E-state index is 0.0697. The van der Waals surface area contributed by atoms with Gasteiger partial charge in [-0.25, -0.2) is 17.6 Å². The lowest BCUT2D eigenvalue weighted by atomic mass is 9.77. The van der Waals surface area contributed by atoms with Gasteiger partial charge < -0.3 is 0 Å². The maximum absolute atomic E-state index is 14.7. The fraction of sp³-hybridized carbons (Fsp3) is 0.500. The van der Waals surface area contributed by atoms with Gasteiger partial charge in [0.15, 0.2) is 23.3 Å². The Hall–Kier alpha value is -1.84. The van der Waals surface area contributed by atoms with Crippen LogP contribution in [0.5, 0.6) is 0 Å². The van der Waals surface area contributed by atoms with Gasteiger partial charge in [-0.1, -0.05) is 44.0 Å². The first-order valence-corrected chi connectivity index (χ1v) is 10.3. The highest BCUT2D eigenvalue weighted by Crippen LogP contribution is 2.39. The van der Waals surface area contributed by atoms with Gasteiger partial charge in [0.05, 0.1) is 0 Å². The Morgan fingerprint density at radius 2 is 1.32 bits per heavy atom. The van der Waals surface area contributed by atoms with Crippen molar-refractivity contribution in [2.75, 3.05) is 0 Å². The molecule has 1 aliphatic rings. The van der Waals surface area contributed by atoms with Crippen LogP contribution in [0.1, 0.15) is 73.6 Å². The second-order valence-electron chi connectivity index (χ2n) is 8.12. The fourth-order valence-corrected chi connectivity index (χ4v) is 4.43. The Labute approximate surface area is 165 Å². The van der Waals surface area contributed by atoms with Crippen LogP contribution in [-0.4, -0.2) is 0 Å². The Morgan fingerprint density at radius 1 is 0.750 bits per heavy atom. The molecule has 0 aliphatic heterocycles. The van der Waals surface area contributed by atoms with E-state index in [0.29, 0.717) is 11.5 Å². The molecule has 1 saturated carbocycles. The van der Waals surface area contributed by atoms with E-state index in [1.54, 1.807) is 12.1 Å². The number of aryl methyl sites for hydroxylation is 3. The average Bonchev–Trinajstić information content (AvgIpc) is 2.70. The summed E-state index contributed by atoms with van der Waals surface area (Å²) in [6, 6.07) is 6.30. The van der Waals surface area contributed by atoms with Crippen molar-refractivity contribution in [2.45, 2.75) is 71.1 Å². The second-order valence-corrected chi connectivity index (χ2v) is 8.12. The molecule has 0 amide bonds. The predicted octanol–water partition coefficient (Wildman–Crippen LogP) is 7.41. The van der Waals surface area contributed by atoms with E-state index in [1.165, 1.54) is 31.9 Å². The molecule has 0 radical (unpaired) electrons. The van der Waals surface area contributed by atoms with Crippen molar-refractivity contribution in [2.24, 2.45) is 5.92 Å². The zero-order valence-electron chi connectivity index (χ0n) is 16.6. The van der Waals surface area contributed by atoms with Gasteiger partial charge in [0.2, 0.25) is 0 Å². The fourth-order valence-electron chi connectivity index (χ4n) is 4.43. The largest absolute Gasteiger partial charge is 0.203 e. The van der Waals surface area contributed by atoms with Crippen molar-refractivity contribution < 1.29 is 17.6 Å². The molecule has 1 aliphatic carbocycles. The van der Waals surface area contributed by atoms with Crippen LogP contribution < -0.4 is 0 Å². The lowest BCUT2D eigenvalue weighted by Gasteiger charge is -2.29. The summed E-state index contributed by atoms with van der Waals surface area (Å²) in [6.45, 7) is 3.67. The highest BCUT2D eigenvalue weighted by atomic mass is 19.2. The second kappa shape index (κ2) is 9.11. The molecule has 0 nitrogen and oxygen atoms in total. The summed E-state index contributed by atoms with van der Waals surface area (Å²) in [5.41, 5.74) is 1.09. The van der Waals surface area contributed by atoms with Crippen LogP contribution in [0.3, 0.4) is 0 Å². The molecule has 0 unspecified atom stereocenters. The predicted molar refractivity (Wildman–Crippen MR) is 104 cm³/mol. The quantitative estimate of drug-likeness (QED) is 0.449. The summed E-state index contributed by atoms with van der Waals surface area (Å²) in [7, 11) is 0. The normalized spacial score (nSPS) is 19.8. The first-order chi connectivity index (χ1) is 13.4. The van der Waals surface area contributed by atoms with Gasteiger partial charge >= 0.3 is 0 Å². The third kappa shape index (κ3) is 4.42. The Balaban J connectivity index is 1.70. The van der Waals surface area contributed by atoms with Crippen LogP contribution in [0, 0.1) is 36.1 Å². The van der Waals surface area contributed by atoms with E-state index in [1.807, 2.05) is 0 Å². The van der Waals surface area contributed by atoms with E-state index in [2.05, 4.69) is 6.92 Å². The SMILES string of the molecule is CCCC1CCC(c2ccc(CCc3ccc(C)c(F)c3F)c(F)c2F)CC1. The monoisotopic (exact) mass is 392 g/mol. The topological polar surface area (TPSA) is 0 Å². The van der Waals surface area contributed by atoms with Crippen LogP contribution in [-0.2, 0) is 12.8 Å². The number of hydrogen-bond acceptors (Lipinski definition) is 0. The van der Waals surface area contributed by atoms with Crippen LogP contribution in [0.4, 0.5) is 17.6 Å². The molecule has 4 heteroatoms. The van der Waals surface area contributed by atoms with E-state index in [0.717, 1.165) is 25.7 Å². The van der Waals surface area contributed by atoms with Crippen molar-refractivity contribution in [1.29, 1.82) is 0 Å². The van der Waals surface area contributed by atoms with Crippen molar-refractivity contribution in [3.8, 4) is 0 Å². The highest BCUT2D eigenvalue weighted by Gasteiger charge is 2.26. The smallest absolute Gasteiger partial charge is 0.162 e. The van der Waals surface area contributed by atoms with Crippen LogP contribution in [0.2, 0.25) is 0 Å². The molecule has 28 heavy (non-hydrogen) atoms. The highest BCUT2D eigenvalue weighted by molar-refractivity contribution is 5.31. The molecule has 0 heterocycles. The first kappa shape index (κ1) is 20.9. The minimum atomic E-state index is -0.902. The van der Waals surface area contributed by atoms with Crippen molar-refractivity contribution in [1.82, 2.24) is 0 Å². The number of benzene rings is 2. The zero-order chi connectivity index (χ0) is 20.3. The third-order valence-corrected chi connectivity index (χ3v) is 6.19. The van der Waals surface area contributed by atoms with Crippen molar-refractivity contribution >= 4 is 0 Å². The Bertz CT molecular complexity index is 820. The number of rotatable bonds is 6. The number of halogens is 4. The molecular weight excluding hydrogens is 364 g/mol. The van der Waals surface area contributed by atoms with E-state index in [4.69, 9.17) is 0 Å². The minimum Gasteiger partial charge on any atom is -0.203 e. The standard InChI is InChI=1S/C24H28F4/c1-3-4-16-6-9-17(10-7-16)20-14-13-19(23(27)24(20)28)12-11-18-8-5-15(2)21(25)22(18)26/h5,8,13-14,16-17H,3-4,6-7,9-12H2,1-2H3. The maximum Gasteiger partial charge on any atom is 0.162 e. The summed E-state index contributed by atoms with van der Waals surface area (Å²) in [6.07, 6.45) is 6.56. The molecule has 0 spiro atoms. The third-order valence-electron chi connectivity index (χ3n) is 6.19. The van der Waals surface area contributed by atoms with Gasteiger partial charge in [0, 0.05) is 0 Å². The molecule has 152 valence electrons. The molecule has 0 atom stereocenters. The van der Waals surface area contributed by atoms with E-state index >= 15 is 0 Å². The van der Waals surface area contributed by atoms with Gasteiger partial charge in [-0.15, -0.1) is 0 Å². The lowest BCUT2D eigenvalue weighted by molar-refractivity contribution is 0.302. The van der Waals surface area contributed by atoms with Gasteiger partial charge in [0.1, 0.15) is 0 Å². The zero-order valence-corrected chi connectivity index (χ0v) is 16.6. The van der Waals surface area contributed by atoms with E-state index in [9.17, 15) is 17.6 Å². The van der Waals surface area contributed by atoms with Crippen LogP contribution in [0.25, 0.3) is 0 Å². The van der Waals surface area contributed by atoms with Gasteiger partial charge in [-0.05, 0) is 79.5 Å². The summed E-state index contributed by atoms with van der Waals surface area (Å²) in [5, 5.41) is 0. The maximum atomic E-state index is 14.7. The van der Waals surface area contributed by atoms with Crippen LogP contribution >= 0.6 is 0 Å². The lowest BCUT2D eigenvalue weighted by Crippen LogP contribution is -2.15. The van der Waals surface area contributed by atoms with Gasteiger partial charge in [0.25, 0.3) is 0 Å². The molecule has 0 bridgehead atoms. The van der Waals surface area contributed by atoms with Crippen LogP contribution in [0.15, 0.2) is 24.3 Å². The molecule has 3 rings (SSSR count). The molecule has 0 N–H and O–H groups in total. The van der Waals surface area contributed by atoms with Gasteiger partial charge in [-0.2, -0.15) is 0 Å². The molecular formula is C24H28F4. The molecule has 0 saturated heterocycles. The summed E-state index contributed by atoms with van der Waals surface area (Å²) in [5.74, 6) is -2.62. The molecule has 1 fully saturated rings. The van der Waals surface area contributed by atoms with E-state index < -0.39 is 23.3 Å². The Kier molecular flexibility index (Phi) is 6.79. The number of hydrogen-bond donors (Lipinski definition) is 0. The van der Waals surface area contributed by atoms with Crippen molar-refractivity contribution in [3.05, 3.63) is 69.8 Å². The first-order valence-electron chi connectivity index (χ1n) is 10.3. The molecule has 2 aromatic rings. The summed E-state index contributed by atoms with van der Waals surface area (Å²) < 4.78 is 57.0. The van der Waals surface area contributed by atoms with Crippen molar-refractivity contribution in [3.63, 3.8) is 0 Å². The summed E-state index contributed by atoms with van der Waals surface area (Å²) in [4.78, 5) is 0.